The Labute approximate surface area is 166 Å². The van der Waals surface area contributed by atoms with Crippen molar-refractivity contribution >= 4 is 17.7 Å². The Bertz CT molecular complexity index is 589. The van der Waals surface area contributed by atoms with Gasteiger partial charge in [0.1, 0.15) is 5.92 Å². The molecular formula is C20H33NO7. The molecule has 1 aliphatic carbocycles. The zero-order valence-electron chi connectivity index (χ0n) is 17.5. The van der Waals surface area contributed by atoms with Crippen molar-refractivity contribution in [1.82, 2.24) is 0 Å². The van der Waals surface area contributed by atoms with Gasteiger partial charge in [-0.05, 0) is 37.5 Å². The van der Waals surface area contributed by atoms with E-state index in [9.17, 15) is 14.8 Å². The van der Waals surface area contributed by atoms with Crippen LogP contribution in [0.3, 0.4) is 0 Å². The van der Waals surface area contributed by atoms with Crippen molar-refractivity contribution in [2.75, 3.05) is 13.2 Å². The zero-order chi connectivity index (χ0) is 20.8. The van der Waals surface area contributed by atoms with E-state index in [1.165, 1.54) is 0 Å². The first-order valence-corrected chi connectivity index (χ1v) is 10.3. The summed E-state index contributed by atoms with van der Waals surface area (Å²) in [7, 11) is 0. The van der Waals surface area contributed by atoms with Crippen LogP contribution in [0, 0.1) is 28.9 Å². The summed E-state index contributed by atoms with van der Waals surface area (Å²) in [6.45, 7) is 9.94. The predicted octanol–water partition coefficient (Wildman–Crippen LogP) is 2.82. The van der Waals surface area contributed by atoms with Gasteiger partial charge in [-0.15, -0.1) is 0 Å². The molecule has 8 nitrogen and oxygen atoms in total. The van der Waals surface area contributed by atoms with E-state index in [0.29, 0.717) is 17.8 Å². The van der Waals surface area contributed by atoms with Crippen molar-refractivity contribution in [1.29, 1.82) is 0 Å². The van der Waals surface area contributed by atoms with Gasteiger partial charge in [-0.3, -0.25) is 10.0 Å². The van der Waals surface area contributed by atoms with Gasteiger partial charge in [0.25, 0.3) is 0 Å². The van der Waals surface area contributed by atoms with Crippen molar-refractivity contribution in [3.05, 3.63) is 5.21 Å². The van der Waals surface area contributed by atoms with Crippen LogP contribution in [0.1, 0.15) is 60.3 Å². The highest BCUT2D eigenvalue weighted by Gasteiger charge is 2.50. The SMILES string of the molecule is CCOC(=O)/C([C@@H]1CC(=O)O[C@H]1O[C@@H]1C[C@H](C)CC[C@H]1C(C)C)=[N+](\[O-])OCC. The molecule has 0 bridgehead atoms. The van der Waals surface area contributed by atoms with Crippen LogP contribution in [-0.4, -0.2) is 48.2 Å². The molecule has 2 fully saturated rings. The molecule has 1 aliphatic heterocycles. The Kier molecular flexibility index (Phi) is 8.10. The lowest BCUT2D eigenvalue weighted by Gasteiger charge is -2.38. The van der Waals surface area contributed by atoms with E-state index in [1.807, 2.05) is 0 Å². The topological polar surface area (TPSA) is 97.1 Å². The quantitative estimate of drug-likeness (QED) is 0.268. The number of hydrogen-bond donors (Lipinski definition) is 0. The number of cyclic esters (lactones) is 1. The van der Waals surface area contributed by atoms with Crippen LogP contribution in [-0.2, 0) is 28.6 Å². The molecule has 0 aromatic carbocycles. The largest absolute Gasteiger partial charge is 0.458 e. The fraction of sp³-hybridized carbons (Fsp3) is 0.850. The van der Waals surface area contributed by atoms with E-state index in [2.05, 4.69) is 20.8 Å². The molecule has 0 unspecified atom stereocenters. The third-order valence-electron chi connectivity index (χ3n) is 5.51. The Hall–Kier alpha value is -1.83. The summed E-state index contributed by atoms with van der Waals surface area (Å²) in [6, 6.07) is 0. The van der Waals surface area contributed by atoms with Crippen molar-refractivity contribution in [2.24, 2.45) is 23.7 Å². The first kappa shape index (κ1) is 22.5. The summed E-state index contributed by atoms with van der Waals surface area (Å²) in [5.41, 5.74) is -0.287. The lowest BCUT2D eigenvalue weighted by atomic mass is 9.75. The van der Waals surface area contributed by atoms with Crippen LogP contribution in [0.5, 0.6) is 0 Å². The van der Waals surface area contributed by atoms with Crippen LogP contribution >= 0.6 is 0 Å². The number of ether oxygens (including phenoxy) is 3. The Balaban J connectivity index is 2.27. The van der Waals surface area contributed by atoms with Crippen LogP contribution in [0.25, 0.3) is 0 Å². The number of carbonyl (C=O) groups is 2. The van der Waals surface area contributed by atoms with E-state index in [4.69, 9.17) is 19.0 Å². The average molecular weight is 399 g/mol. The molecule has 0 radical (unpaired) electrons. The van der Waals surface area contributed by atoms with Crippen molar-refractivity contribution in [3.63, 3.8) is 0 Å². The van der Waals surface area contributed by atoms with Gasteiger partial charge in [0.2, 0.25) is 6.29 Å². The van der Waals surface area contributed by atoms with E-state index in [-0.39, 0.29) is 36.4 Å². The molecule has 1 saturated carbocycles. The van der Waals surface area contributed by atoms with Gasteiger partial charge in [0.15, 0.2) is 0 Å². The number of rotatable bonds is 8. The molecule has 5 atom stereocenters. The molecule has 0 spiro atoms. The maximum Gasteiger partial charge on any atom is 0.405 e. The highest BCUT2D eigenvalue weighted by molar-refractivity contribution is 6.35. The average Bonchev–Trinajstić information content (AvgIpc) is 2.95. The maximum atomic E-state index is 12.4. The summed E-state index contributed by atoms with van der Waals surface area (Å²) in [4.78, 5) is 29.5. The molecule has 8 heteroatoms. The molecule has 0 aromatic heterocycles. The first-order chi connectivity index (χ1) is 13.3. The molecule has 1 saturated heterocycles. The van der Waals surface area contributed by atoms with Gasteiger partial charge in [0, 0.05) is 4.90 Å². The van der Waals surface area contributed by atoms with Gasteiger partial charge < -0.3 is 19.0 Å². The molecule has 0 amide bonds. The number of nitrogens with zero attached hydrogens (tertiary/aromatic N) is 1. The lowest BCUT2D eigenvalue weighted by molar-refractivity contribution is -0.741. The normalized spacial score (nSPS) is 31.4. The zero-order valence-corrected chi connectivity index (χ0v) is 17.5. The van der Waals surface area contributed by atoms with E-state index < -0.39 is 24.1 Å². The van der Waals surface area contributed by atoms with Crippen LogP contribution in [0.2, 0.25) is 0 Å². The summed E-state index contributed by atoms with van der Waals surface area (Å²) in [6.07, 6.45) is 1.80. The summed E-state index contributed by atoms with van der Waals surface area (Å²) in [5.74, 6) is -0.936. The molecule has 0 aromatic rings. The van der Waals surface area contributed by atoms with Crippen LogP contribution < -0.4 is 0 Å². The van der Waals surface area contributed by atoms with Gasteiger partial charge in [-0.2, -0.15) is 0 Å². The molecular weight excluding hydrogens is 366 g/mol. The number of carbonyl (C=O) groups excluding carboxylic acids is 2. The summed E-state index contributed by atoms with van der Waals surface area (Å²) in [5, 5.41) is 12.3. The second-order valence-electron chi connectivity index (χ2n) is 7.95. The number of hydrogen-bond acceptors (Lipinski definition) is 7. The highest BCUT2D eigenvalue weighted by Crippen LogP contribution is 2.38. The minimum atomic E-state index is -1.000. The van der Waals surface area contributed by atoms with Gasteiger partial charge in [-0.1, -0.05) is 34.1 Å². The fourth-order valence-electron chi connectivity index (χ4n) is 4.08. The van der Waals surface area contributed by atoms with Crippen molar-refractivity contribution < 1.29 is 33.5 Å². The molecule has 0 N–H and O–H groups in total. The molecule has 1 heterocycles. The van der Waals surface area contributed by atoms with Gasteiger partial charge in [-0.25, -0.2) is 4.79 Å². The fourth-order valence-corrected chi connectivity index (χ4v) is 4.08. The Morgan fingerprint density at radius 2 is 2.00 bits per heavy atom. The monoisotopic (exact) mass is 399 g/mol. The maximum absolute atomic E-state index is 12.4. The van der Waals surface area contributed by atoms with E-state index >= 15 is 0 Å². The number of esters is 2. The molecule has 2 rings (SSSR count). The molecule has 160 valence electrons. The lowest BCUT2D eigenvalue weighted by Crippen LogP contribution is -2.43. The van der Waals surface area contributed by atoms with E-state index in [1.54, 1.807) is 13.8 Å². The van der Waals surface area contributed by atoms with Crippen molar-refractivity contribution in [3.8, 4) is 0 Å². The third-order valence-corrected chi connectivity index (χ3v) is 5.51. The van der Waals surface area contributed by atoms with Gasteiger partial charge in [0.05, 0.1) is 25.7 Å². The second-order valence-corrected chi connectivity index (χ2v) is 7.95. The van der Waals surface area contributed by atoms with Gasteiger partial charge >= 0.3 is 17.7 Å². The first-order valence-electron chi connectivity index (χ1n) is 10.3. The minimum absolute atomic E-state index is 0.0784. The standard InChI is InChI=1S/C20H33NO7/c1-6-25-19(23)18(21(24)26-7-2)15-11-17(22)28-20(15)27-16-10-13(5)8-9-14(16)12(3)4/h12-16,20H,6-11H2,1-5H3/b21-18+/t13-,14+,15+,16-,20-/m1/s1. The summed E-state index contributed by atoms with van der Waals surface area (Å²) >= 11 is 0. The second kappa shape index (κ2) is 10.1. The molecule has 28 heavy (non-hydrogen) atoms. The van der Waals surface area contributed by atoms with Crippen LogP contribution in [0.15, 0.2) is 0 Å². The Morgan fingerprint density at radius 1 is 1.29 bits per heavy atom. The Morgan fingerprint density at radius 3 is 2.61 bits per heavy atom. The molecule has 2 aliphatic rings. The predicted molar refractivity (Wildman–Crippen MR) is 101 cm³/mol. The highest BCUT2D eigenvalue weighted by atomic mass is 16.9. The van der Waals surface area contributed by atoms with Crippen molar-refractivity contribution in [2.45, 2.75) is 72.7 Å². The summed E-state index contributed by atoms with van der Waals surface area (Å²) < 4.78 is 16.6. The minimum Gasteiger partial charge on any atom is -0.458 e. The van der Waals surface area contributed by atoms with Crippen LogP contribution in [0.4, 0.5) is 0 Å². The van der Waals surface area contributed by atoms with E-state index in [0.717, 1.165) is 19.3 Å². The smallest absolute Gasteiger partial charge is 0.405 e. The third kappa shape index (κ3) is 5.37.